The van der Waals surface area contributed by atoms with E-state index in [1.165, 1.54) is 0 Å². The number of hydrogen-bond acceptors (Lipinski definition) is 5. The highest BCUT2D eigenvalue weighted by molar-refractivity contribution is 5.79. The number of carbonyl (C=O) groups is 2. The third-order valence-corrected chi connectivity index (χ3v) is 4.25. The van der Waals surface area contributed by atoms with E-state index < -0.39 is 5.97 Å². The molecule has 2 aromatic rings. The number of nitrogens with zero attached hydrogens (tertiary/aromatic N) is 3. The van der Waals surface area contributed by atoms with E-state index in [4.69, 9.17) is 20.4 Å². The topological polar surface area (TPSA) is 111 Å². The normalized spacial score (nSPS) is 13.4. The Morgan fingerprint density at radius 2 is 1.96 bits per heavy atom. The summed E-state index contributed by atoms with van der Waals surface area (Å²) in [6.45, 7) is 7.54. The van der Waals surface area contributed by atoms with Gasteiger partial charge < -0.3 is 20.5 Å². The van der Waals surface area contributed by atoms with Crippen LogP contribution in [0.2, 0.25) is 0 Å². The third kappa shape index (κ3) is 6.09. The van der Waals surface area contributed by atoms with Crippen molar-refractivity contribution < 1.29 is 19.4 Å². The van der Waals surface area contributed by atoms with Crippen molar-refractivity contribution in [1.29, 1.82) is 0 Å². The van der Waals surface area contributed by atoms with Crippen molar-refractivity contribution in [1.82, 2.24) is 14.7 Å². The molecule has 0 aliphatic carbocycles. The molecule has 1 saturated heterocycles. The molecule has 28 heavy (non-hydrogen) atoms. The fourth-order valence-electron chi connectivity index (χ4n) is 3.04. The highest BCUT2D eigenvalue weighted by Gasteiger charge is 2.32. The number of hydrogen-bond donors (Lipinski definition) is 2. The standard InChI is InChI=1S/C18H24N4O2.C2H4O2/c1-13-8-14(2)22(20-13)16-11-21(12-16)18(23)10-15-4-3-5-17(9-15)24-7-6-19;1-2(3)4/h3-5,8-9,16H,6-7,10-12,19H2,1-2H3;1H3,(H,3,4). The minimum absolute atomic E-state index is 0.142. The predicted octanol–water partition coefficient (Wildman–Crippen LogP) is 1.55. The first kappa shape index (κ1) is 21.4. The Morgan fingerprint density at radius 3 is 2.54 bits per heavy atom. The summed E-state index contributed by atoms with van der Waals surface area (Å²) in [5.74, 6) is 0.0682. The van der Waals surface area contributed by atoms with E-state index in [9.17, 15) is 4.79 Å². The molecular weight excluding hydrogens is 360 g/mol. The lowest BCUT2D eigenvalue weighted by atomic mass is 10.1. The number of aryl methyl sites for hydroxylation is 2. The van der Waals surface area contributed by atoms with E-state index in [1.54, 1.807) is 0 Å². The Labute approximate surface area is 164 Å². The average Bonchev–Trinajstić information content (AvgIpc) is 2.89. The van der Waals surface area contributed by atoms with Gasteiger partial charge in [0.25, 0.3) is 5.97 Å². The summed E-state index contributed by atoms with van der Waals surface area (Å²) >= 11 is 0. The van der Waals surface area contributed by atoms with Gasteiger partial charge in [-0.05, 0) is 37.6 Å². The second-order valence-electron chi connectivity index (χ2n) is 6.80. The number of aromatic nitrogens is 2. The molecule has 0 radical (unpaired) electrons. The first-order chi connectivity index (χ1) is 13.3. The molecule has 1 aliphatic heterocycles. The zero-order valence-electron chi connectivity index (χ0n) is 16.6. The summed E-state index contributed by atoms with van der Waals surface area (Å²) in [6, 6.07) is 10.0. The molecule has 0 unspecified atom stereocenters. The Balaban J connectivity index is 0.000000640. The molecular formula is C20H28N4O4. The van der Waals surface area contributed by atoms with Gasteiger partial charge in [0.15, 0.2) is 0 Å². The smallest absolute Gasteiger partial charge is 0.300 e. The summed E-state index contributed by atoms with van der Waals surface area (Å²) in [4.78, 5) is 23.3. The van der Waals surface area contributed by atoms with Crippen LogP contribution in [0.4, 0.5) is 0 Å². The van der Waals surface area contributed by atoms with E-state index in [0.717, 1.165) is 42.7 Å². The lowest BCUT2D eigenvalue weighted by Crippen LogP contribution is -2.51. The Bertz CT molecular complexity index is 808. The van der Waals surface area contributed by atoms with E-state index in [-0.39, 0.29) is 5.91 Å². The second-order valence-corrected chi connectivity index (χ2v) is 6.80. The maximum Gasteiger partial charge on any atom is 0.300 e. The van der Waals surface area contributed by atoms with E-state index in [2.05, 4.69) is 18.1 Å². The highest BCUT2D eigenvalue weighted by Crippen LogP contribution is 2.24. The number of carboxylic acids is 1. The lowest BCUT2D eigenvalue weighted by molar-refractivity contribution is -0.136. The van der Waals surface area contributed by atoms with Crippen LogP contribution >= 0.6 is 0 Å². The van der Waals surface area contributed by atoms with Gasteiger partial charge in [0.2, 0.25) is 5.91 Å². The van der Waals surface area contributed by atoms with Crippen LogP contribution in [0.3, 0.4) is 0 Å². The van der Waals surface area contributed by atoms with Crippen LogP contribution in [0.15, 0.2) is 30.3 Å². The molecule has 3 rings (SSSR count). The summed E-state index contributed by atoms with van der Waals surface area (Å²) in [7, 11) is 0. The number of rotatable bonds is 6. The molecule has 1 aliphatic rings. The zero-order valence-corrected chi connectivity index (χ0v) is 16.6. The largest absolute Gasteiger partial charge is 0.492 e. The number of nitrogens with two attached hydrogens (primary N) is 1. The number of amides is 1. The quantitative estimate of drug-likeness (QED) is 0.777. The van der Waals surface area contributed by atoms with Crippen LogP contribution in [0.25, 0.3) is 0 Å². The molecule has 1 fully saturated rings. The summed E-state index contributed by atoms with van der Waals surface area (Å²) in [6.07, 6.45) is 0.393. The Morgan fingerprint density at radius 1 is 1.29 bits per heavy atom. The second kappa shape index (κ2) is 9.89. The molecule has 0 spiro atoms. The van der Waals surface area contributed by atoms with Crippen LogP contribution in [0.1, 0.15) is 29.9 Å². The van der Waals surface area contributed by atoms with Crippen molar-refractivity contribution in [2.75, 3.05) is 26.2 Å². The van der Waals surface area contributed by atoms with E-state index in [0.29, 0.717) is 25.6 Å². The first-order valence-electron chi connectivity index (χ1n) is 9.22. The molecule has 1 aromatic carbocycles. The van der Waals surface area contributed by atoms with Gasteiger partial charge in [-0.1, -0.05) is 12.1 Å². The van der Waals surface area contributed by atoms with Gasteiger partial charge >= 0.3 is 0 Å². The van der Waals surface area contributed by atoms with Crippen LogP contribution in [-0.4, -0.2) is 57.9 Å². The van der Waals surface area contributed by atoms with Crippen LogP contribution in [0.5, 0.6) is 5.75 Å². The van der Waals surface area contributed by atoms with Crippen LogP contribution in [0, 0.1) is 13.8 Å². The number of likely N-dealkylation sites (tertiary alicyclic amines) is 1. The number of benzene rings is 1. The molecule has 152 valence electrons. The van der Waals surface area contributed by atoms with Crippen LogP contribution in [-0.2, 0) is 16.0 Å². The summed E-state index contributed by atoms with van der Waals surface area (Å²) in [5, 5.41) is 11.9. The molecule has 1 aromatic heterocycles. The van der Waals surface area contributed by atoms with Crippen molar-refractivity contribution in [3.63, 3.8) is 0 Å². The maximum absolute atomic E-state index is 12.4. The van der Waals surface area contributed by atoms with Crippen molar-refractivity contribution in [3.8, 4) is 5.75 Å². The van der Waals surface area contributed by atoms with Gasteiger partial charge in [-0.15, -0.1) is 0 Å². The van der Waals surface area contributed by atoms with Crippen molar-refractivity contribution in [2.45, 2.75) is 33.2 Å². The van der Waals surface area contributed by atoms with Gasteiger partial charge in [0.05, 0.1) is 18.2 Å². The predicted molar refractivity (Wildman–Crippen MR) is 105 cm³/mol. The van der Waals surface area contributed by atoms with Gasteiger partial charge in [-0.25, -0.2) is 0 Å². The highest BCUT2D eigenvalue weighted by atomic mass is 16.5. The molecule has 2 heterocycles. The SMILES string of the molecule is CC(=O)O.Cc1cc(C)n(C2CN(C(=O)Cc3cccc(OCCN)c3)C2)n1. The monoisotopic (exact) mass is 388 g/mol. The molecule has 1 amide bonds. The van der Waals surface area contributed by atoms with E-state index in [1.807, 2.05) is 40.8 Å². The van der Waals surface area contributed by atoms with Gasteiger partial charge in [0.1, 0.15) is 12.4 Å². The van der Waals surface area contributed by atoms with Gasteiger partial charge in [-0.3, -0.25) is 14.3 Å². The molecule has 0 bridgehead atoms. The van der Waals surface area contributed by atoms with E-state index >= 15 is 0 Å². The van der Waals surface area contributed by atoms with Crippen LogP contribution < -0.4 is 10.5 Å². The molecule has 8 nitrogen and oxygen atoms in total. The lowest BCUT2D eigenvalue weighted by Gasteiger charge is -2.39. The number of carboxylic acid groups (broad SMARTS) is 1. The average molecular weight is 388 g/mol. The fourth-order valence-corrected chi connectivity index (χ4v) is 3.04. The summed E-state index contributed by atoms with van der Waals surface area (Å²) < 4.78 is 7.54. The number of aliphatic carboxylic acids is 1. The van der Waals surface area contributed by atoms with Gasteiger partial charge in [0, 0.05) is 32.3 Å². The molecule has 8 heteroatoms. The van der Waals surface area contributed by atoms with Crippen molar-refractivity contribution in [2.24, 2.45) is 5.73 Å². The Kier molecular flexibility index (Phi) is 7.57. The third-order valence-electron chi connectivity index (χ3n) is 4.25. The molecule has 0 saturated carbocycles. The molecule has 0 atom stereocenters. The first-order valence-corrected chi connectivity index (χ1v) is 9.22. The Hall–Kier alpha value is -2.87. The zero-order chi connectivity index (χ0) is 20.7. The van der Waals surface area contributed by atoms with Gasteiger partial charge in [-0.2, -0.15) is 5.10 Å². The maximum atomic E-state index is 12.4. The van der Waals surface area contributed by atoms with Crippen molar-refractivity contribution >= 4 is 11.9 Å². The summed E-state index contributed by atoms with van der Waals surface area (Å²) in [5.41, 5.74) is 8.57. The fraction of sp³-hybridized carbons (Fsp3) is 0.450. The minimum atomic E-state index is -0.833. The molecule has 3 N–H and O–H groups in total. The number of carbonyl (C=O) groups excluding carboxylic acids is 1. The number of ether oxygens (including phenoxy) is 1. The van der Waals surface area contributed by atoms with Crippen molar-refractivity contribution in [3.05, 3.63) is 47.3 Å². The minimum Gasteiger partial charge on any atom is -0.492 e.